The second kappa shape index (κ2) is 5.28. The molecule has 0 spiro atoms. The molecule has 0 atom stereocenters. The molecule has 1 aromatic rings. The van der Waals surface area contributed by atoms with Gasteiger partial charge in [0.2, 0.25) is 9.84 Å². The molecule has 1 saturated heterocycles. The molecule has 122 valence electrons. The maximum atomic E-state index is 14.3. The number of sulfone groups is 1. The highest BCUT2D eigenvalue weighted by molar-refractivity contribution is 7.92. The Balaban J connectivity index is 2.23. The topological polar surface area (TPSA) is 52.6 Å². The molecule has 0 saturated carbocycles. The van der Waals surface area contributed by atoms with E-state index in [0.717, 1.165) is 12.1 Å². The highest BCUT2D eigenvalue weighted by Gasteiger charge is 2.57. The van der Waals surface area contributed by atoms with Gasteiger partial charge < -0.3 is 9.31 Å². The van der Waals surface area contributed by atoms with Gasteiger partial charge in [-0.15, -0.1) is 0 Å². The van der Waals surface area contributed by atoms with E-state index in [2.05, 4.69) is 0 Å². The number of benzene rings is 1. The highest BCUT2D eigenvalue weighted by Crippen LogP contribution is 2.42. The predicted octanol–water partition coefficient (Wildman–Crippen LogP) is 3.15. The van der Waals surface area contributed by atoms with Crippen molar-refractivity contribution in [2.45, 2.75) is 55.4 Å². The molecule has 0 aromatic heterocycles. The normalized spacial score (nSPS) is 21.1. The van der Waals surface area contributed by atoms with Gasteiger partial charge in [0.25, 0.3) is 0 Å². The van der Waals surface area contributed by atoms with E-state index in [0.29, 0.717) is 0 Å². The van der Waals surface area contributed by atoms with Crippen molar-refractivity contribution in [3.63, 3.8) is 0 Å². The summed E-state index contributed by atoms with van der Waals surface area (Å²) in [4.78, 5) is -0.420. The maximum Gasteiger partial charge on any atom is 0.465 e. The van der Waals surface area contributed by atoms with Crippen molar-refractivity contribution in [3.8, 4) is 0 Å². The molecule has 1 aromatic carbocycles. The maximum absolute atomic E-state index is 14.3. The van der Waals surface area contributed by atoms with Crippen molar-refractivity contribution in [3.05, 3.63) is 30.3 Å². The summed E-state index contributed by atoms with van der Waals surface area (Å²) in [7, 11) is -6.07. The average Bonchev–Trinajstić information content (AvgIpc) is 2.57. The summed E-state index contributed by atoms with van der Waals surface area (Å²) in [5.41, 5.74) is -1.57. The van der Waals surface area contributed by atoms with Gasteiger partial charge in [-0.3, -0.25) is 0 Å². The van der Waals surface area contributed by atoms with E-state index < -0.39 is 44.6 Å². The van der Waals surface area contributed by atoms with E-state index in [4.69, 9.17) is 9.31 Å². The zero-order valence-electron chi connectivity index (χ0n) is 13.0. The lowest BCUT2D eigenvalue weighted by molar-refractivity contribution is 0.00578. The first-order chi connectivity index (χ1) is 9.89. The van der Waals surface area contributed by atoms with Crippen molar-refractivity contribution in [1.29, 1.82) is 0 Å². The minimum atomic E-state index is -4.79. The van der Waals surface area contributed by atoms with Gasteiger partial charge in [-0.2, -0.15) is 8.78 Å². The van der Waals surface area contributed by atoms with Crippen LogP contribution in [0, 0.1) is 0 Å². The summed E-state index contributed by atoms with van der Waals surface area (Å²) in [6.07, 6.45) is -1.04. The molecule has 1 aliphatic heterocycles. The second-order valence-electron chi connectivity index (χ2n) is 6.34. The van der Waals surface area contributed by atoms with Gasteiger partial charge in [0.1, 0.15) is 0 Å². The summed E-state index contributed by atoms with van der Waals surface area (Å²) in [6, 6.07) is 6.65. The Kier molecular flexibility index (Phi) is 4.17. The molecule has 0 amide bonds. The Bertz CT molecular complexity index is 628. The van der Waals surface area contributed by atoms with Crippen LogP contribution in [0.4, 0.5) is 8.78 Å². The smallest absolute Gasteiger partial charge is 0.403 e. The molecule has 8 heteroatoms. The third-order valence-corrected chi connectivity index (χ3v) is 6.00. The average molecular weight is 332 g/mol. The first-order valence-electron chi connectivity index (χ1n) is 6.92. The third kappa shape index (κ3) is 2.91. The van der Waals surface area contributed by atoms with Gasteiger partial charge in [-0.1, -0.05) is 18.2 Å². The third-order valence-electron chi connectivity index (χ3n) is 4.15. The molecule has 2 rings (SSSR count). The fraction of sp³-hybridized carbons (Fsp3) is 0.571. The quantitative estimate of drug-likeness (QED) is 0.795. The van der Waals surface area contributed by atoms with E-state index in [1.54, 1.807) is 33.8 Å². The van der Waals surface area contributed by atoms with Gasteiger partial charge >= 0.3 is 12.4 Å². The van der Waals surface area contributed by atoms with Crippen LogP contribution in [0.1, 0.15) is 27.7 Å². The van der Waals surface area contributed by atoms with E-state index in [9.17, 15) is 17.2 Å². The van der Waals surface area contributed by atoms with Crippen LogP contribution in [-0.4, -0.2) is 32.0 Å². The Morgan fingerprint density at radius 2 is 1.50 bits per heavy atom. The van der Waals surface area contributed by atoms with Gasteiger partial charge in [-0.05, 0) is 39.8 Å². The molecule has 0 radical (unpaired) electrons. The zero-order valence-corrected chi connectivity index (χ0v) is 13.8. The highest BCUT2D eigenvalue weighted by atomic mass is 32.2. The van der Waals surface area contributed by atoms with Gasteiger partial charge in [0.05, 0.1) is 22.4 Å². The molecule has 22 heavy (non-hydrogen) atoms. The van der Waals surface area contributed by atoms with Crippen LogP contribution in [0.25, 0.3) is 0 Å². The SMILES string of the molecule is CC1(C)OB(CC(F)(F)S(=O)(=O)c2ccccc2)OC1(C)C. The molecule has 1 fully saturated rings. The monoisotopic (exact) mass is 332 g/mol. The van der Waals surface area contributed by atoms with Crippen molar-refractivity contribution in [2.75, 3.05) is 0 Å². The van der Waals surface area contributed by atoms with E-state index >= 15 is 0 Å². The lowest BCUT2D eigenvalue weighted by atomic mass is 9.85. The van der Waals surface area contributed by atoms with Crippen LogP contribution < -0.4 is 0 Å². The fourth-order valence-electron chi connectivity index (χ4n) is 2.12. The van der Waals surface area contributed by atoms with Crippen LogP contribution in [0.3, 0.4) is 0 Å². The van der Waals surface area contributed by atoms with Crippen LogP contribution in [-0.2, 0) is 19.1 Å². The molecule has 4 nitrogen and oxygen atoms in total. The first-order valence-corrected chi connectivity index (χ1v) is 8.40. The van der Waals surface area contributed by atoms with Crippen molar-refractivity contribution >= 4 is 17.0 Å². The predicted molar refractivity (Wildman–Crippen MR) is 79.5 cm³/mol. The number of alkyl halides is 2. The summed E-state index contributed by atoms with van der Waals surface area (Å²) in [5.74, 6) is 0. The van der Waals surface area contributed by atoms with Crippen molar-refractivity contribution in [1.82, 2.24) is 0 Å². The zero-order chi connectivity index (χ0) is 16.8. The minimum Gasteiger partial charge on any atom is -0.403 e. The van der Waals surface area contributed by atoms with Crippen LogP contribution in [0.5, 0.6) is 0 Å². The largest absolute Gasteiger partial charge is 0.465 e. The van der Waals surface area contributed by atoms with Gasteiger partial charge in [0.15, 0.2) is 0 Å². The van der Waals surface area contributed by atoms with E-state index in [-0.39, 0.29) is 0 Å². The molecular formula is C14H19BF2O4S. The number of hydrogen-bond donors (Lipinski definition) is 0. The Hall–Kier alpha value is -0.985. The second-order valence-corrected chi connectivity index (χ2v) is 8.42. The fourth-order valence-corrected chi connectivity index (χ4v) is 3.34. The van der Waals surface area contributed by atoms with Crippen molar-refractivity contribution in [2.24, 2.45) is 0 Å². The van der Waals surface area contributed by atoms with Crippen LogP contribution in [0.2, 0.25) is 6.32 Å². The molecule has 0 unspecified atom stereocenters. The number of hydrogen-bond acceptors (Lipinski definition) is 4. The molecule has 0 bridgehead atoms. The number of halogens is 2. The molecule has 0 N–H and O–H groups in total. The minimum absolute atomic E-state index is 0.420. The van der Waals surface area contributed by atoms with Gasteiger partial charge in [-0.25, -0.2) is 8.42 Å². The summed E-state index contributed by atoms with van der Waals surface area (Å²) in [6.45, 7) is 6.88. The lowest BCUT2D eigenvalue weighted by Gasteiger charge is -2.32. The Morgan fingerprint density at radius 1 is 1.05 bits per heavy atom. The summed E-state index contributed by atoms with van der Waals surface area (Å²) < 4.78 is 63.7. The molecule has 1 aliphatic rings. The Morgan fingerprint density at radius 3 is 1.95 bits per heavy atom. The lowest BCUT2D eigenvalue weighted by Crippen LogP contribution is -2.41. The van der Waals surface area contributed by atoms with Gasteiger partial charge in [0, 0.05) is 0 Å². The molecule has 1 heterocycles. The van der Waals surface area contributed by atoms with Crippen molar-refractivity contribution < 1.29 is 26.5 Å². The standard InChI is InChI=1S/C14H19BF2O4S/c1-12(2)13(3,4)21-15(20-12)10-14(16,17)22(18,19)11-8-6-5-7-9-11/h5-9H,10H2,1-4H3. The Labute approximate surface area is 129 Å². The van der Waals surface area contributed by atoms with E-state index in [1.807, 2.05) is 0 Å². The molecule has 0 aliphatic carbocycles. The summed E-state index contributed by atoms with van der Waals surface area (Å²) in [5, 5.41) is -3.98. The van der Waals surface area contributed by atoms with Crippen LogP contribution in [0.15, 0.2) is 35.2 Å². The van der Waals surface area contributed by atoms with E-state index in [1.165, 1.54) is 12.1 Å². The van der Waals surface area contributed by atoms with Crippen LogP contribution >= 0.6 is 0 Å². The number of rotatable bonds is 4. The molecular weight excluding hydrogens is 313 g/mol. The summed E-state index contributed by atoms with van der Waals surface area (Å²) >= 11 is 0. The first kappa shape index (κ1) is 17.4.